The molecule has 0 aliphatic heterocycles. The van der Waals surface area contributed by atoms with Gasteiger partial charge < -0.3 is 0 Å². The molecule has 13 heavy (non-hydrogen) atoms. The molecule has 0 heterocycles. The summed E-state index contributed by atoms with van der Waals surface area (Å²) in [5.41, 5.74) is -0.366. The van der Waals surface area contributed by atoms with Crippen molar-refractivity contribution in [2.45, 2.75) is 32.9 Å². The lowest BCUT2D eigenvalue weighted by molar-refractivity contribution is -0.558. The van der Waals surface area contributed by atoms with Gasteiger partial charge in [0.1, 0.15) is 5.92 Å². The molecule has 1 fully saturated rings. The first-order valence-electron chi connectivity index (χ1n) is 4.04. The molecule has 0 spiro atoms. The monoisotopic (exact) mass is 188 g/mol. The van der Waals surface area contributed by atoms with Crippen molar-refractivity contribution in [3.63, 3.8) is 0 Å². The average Bonchev–Trinajstić information content (AvgIpc) is 2.56. The molecule has 0 radical (unpaired) electrons. The fourth-order valence-electron chi connectivity index (χ4n) is 1.82. The predicted octanol–water partition coefficient (Wildman–Crippen LogP) is 0.953. The Bertz CT molecular complexity index is 238. The fourth-order valence-corrected chi connectivity index (χ4v) is 1.82. The topological polar surface area (TPSA) is 86.3 Å². The van der Waals surface area contributed by atoms with E-state index < -0.39 is 27.8 Å². The van der Waals surface area contributed by atoms with Crippen LogP contribution in [0.3, 0.4) is 0 Å². The molecule has 2 unspecified atom stereocenters. The van der Waals surface area contributed by atoms with Crippen LogP contribution in [0.4, 0.5) is 0 Å². The van der Waals surface area contributed by atoms with Crippen molar-refractivity contribution in [2.24, 2.45) is 11.3 Å². The molecule has 74 valence electrons. The summed E-state index contributed by atoms with van der Waals surface area (Å²) < 4.78 is 0. The molecule has 0 aromatic heterocycles. The average molecular weight is 188 g/mol. The lowest BCUT2D eigenvalue weighted by Crippen LogP contribution is -2.15. The minimum Gasteiger partial charge on any atom is -0.264 e. The van der Waals surface area contributed by atoms with Crippen molar-refractivity contribution in [2.75, 3.05) is 0 Å². The van der Waals surface area contributed by atoms with E-state index in [1.54, 1.807) is 20.8 Å². The third-order valence-electron chi connectivity index (χ3n) is 2.43. The summed E-state index contributed by atoms with van der Waals surface area (Å²) in [5, 5.41) is 20.9. The largest absolute Gasteiger partial charge is 0.289 e. The molecule has 1 aliphatic carbocycles. The molecule has 6 heteroatoms. The van der Waals surface area contributed by atoms with Crippen LogP contribution in [-0.2, 0) is 0 Å². The van der Waals surface area contributed by atoms with E-state index in [4.69, 9.17) is 0 Å². The van der Waals surface area contributed by atoms with Gasteiger partial charge in [-0.2, -0.15) is 0 Å². The molecule has 6 nitrogen and oxygen atoms in total. The first-order valence-corrected chi connectivity index (χ1v) is 4.04. The Morgan fingerprint density at radius 1 is 1.00 bits per heavy atom. The van der Waals surface area contributed by atoms with Crippen LogP contribution in [0.15, 0.2) is 0 Å². The summed E-state index contributed by atoms with van der Waals surface area (Å²) in [7, 11) is 0. The van der Waals surface area contributed by atoms with E-state index in [0.29, 0.717) is 0 Å². The quantitative estimate of drug-likeness (QED) is 0.477. The van der Waals surface area contributed by atoms with Gasteiger partial charge in [-0.25, -0.2) is 0 Å². The third kappa shape index (κ3) is 1.61. The van der Waals surface area contributed by atoms with Gasteiger partial charge in [-0.3, -0.25) is 20.2 Å². The number of nitro groups is 2. The summed E-state index contributed by atoms with van der Waals surface area (Å²) in [5.74, 6) is -0.433. The van der Waals surface area contributed by atoms with E-state index in [-0.39, 0.29) is 5.41 Å². The number of nitrogens with zero attached hydrogens (tertiary/aromatic N) is 2. The van der Waals surface area contributed by atoms with Gasteiger partial charge in [0.25, 0.3) is 12.1 Å². The molecule has 1 aliphatic rings. The molecule has 0 saturated heterocycles. The highest BCUT2D eigenvalue weighted by Gasteiger charge is 2.74. The first kappa shape index (κ1) is 9.88. The van der Waals surface area contributed by atoms with E-state index in [1.807, 2.05) is 0 Å². The highest BCUT2D eigenvalue weighted by atomic mass is 16.6. The van der Waals surface area contributed by atoms with Crippen LogP contribution in [0.1, 0.15) is 20.8 Å². The summed E-state index contributed by atoms with van der Waals surface area (Å²) >= 11 is 0. The van der Waals surface area contributed by atoms with E-state index >= 15 is 0 Å². The van der Waals surface area contributed by atoms with E-state index in [9.17, 15) is 20.2 Å². The normalized spacial score (nSPS) is 32.7. The molecule has 0 aromatic rings. The van der Waals surface area contributed by atoms with Crippen LogP contribution in [-0.4, -0.2) is 21.9 Å². The maximum Gasteiger partial charge on any atom is 0.289 e. The van der Waals surface area contributed by atoms with Crippen molar-refractivity contribution in [3.8, 4) is 0 Å². The highest BCUT2D eigenvalue weighted by molar-refractivity contribution is 5.04. The van der Waals surface area contributed by atoms with E-state index in [1.165, 1.54) is 0 Å². The van der Waals surface area contributed by atoms with Gasteiger partial charge >= 0.3 is 0 Å². The summed E-state index contributed by atoms with van der Waals surface area (Å²) in [6, 6.07) is -1.98. The van der Waals surface area contributed by atoms with Crippen molar-refractivity contribution >= 4 is 0 Å². The van der Waals surface area contributed by atoms with Crippen LogP contribution >= 0.6 is 0 Å². The molecular formula is C7H12N2O4. The maximum atomic E-state index is 10.4. The standard InChI is InChI=1S/C7H12N2O4/c1-7(2,3)4-5(8(10)11)6(4)9(12)13/h4-6H,1-3H3. The lowest BCUT2D eigenvalue weighted by Gasteiger charge is -2.13. The minimum atomic E-state index is -0.991. The lowest BCUT2D eigenvalue weighted by atomic mass is 9.89. The Labute approximate surface area is 75.2 Å². The second kappa shape index (κ2) is 2.65. The van der Waals surface area contributed by atoms with Gasteiger partial charge in [-0.1, -0.05) is 20.8 Å². The minimum absolute atomic E-state index is 0.366. The van der Waals surface area contributed by atoms with Crippen molar-refractivity contribution in [3.05, 3.63) is 20.2 Å². The van der Waals surface area contributed by atoms with Gasteiger partial charge in [-0.05, 0) is 5.41 Å². The number of hydrogen-bond acceptors (Lipinski definition) is 4. The zero-order valence-corrected chi connectivity index (χ0v) is 7.76. The van der Waals surface area contributed by atoms with Crippen LogP contribution in [0.25, 0.3) is 0 Å². The van der Waals surface area contributed by atoms with Crippen molar-refractivity contribution in [1.29, 1.82) is 0 Å². The molecule has 1 saturated carbocycles. The van der Waals surface area contributed by atoms with Gasteiger partial charge in [-0.15, -0.1) is 0 Å². The molecule has 0 N–H and O–H groups in total. The molecular weight excluding hydrogens is 176 g/mol. The Morgan fingerprint density at radius 2 is 1.31 bits per heavy atom. The van der Waals surface area contributed by atoms with E-state index in [0.717, 1.165) is 0 Å². The fraction of sp³-hybridized carbons (Fsp3) is 1.00. The Morgan fingerprint density at radius 3 is 1.38 bits per heavy atom. The Hall–Kier alpha value is -1.20. The van der Waals surface area contributed by atoms with Gasteiger partial charge in [0.05, 0.1) is 0 Å². The highest BCUT2D eigenvalue weighted by Crippen LogP contribution is 2.48. The second-order valence-corrected chi connectivity index (χ2v) is 4.44. The van der Waals surface area contributed by atoms with Crippen molar-refractivity contribution in [1.82, 2.24) is 0 Å². The first-order chi connectivity index (χ1) is 5.76. The maximum absolute atomic E-state index is 10.4. The smallest absolute Gasteiger partial charge is 0.264 e. The van der Waals surface area contributed by atoms with Gasteiger partial charge in [0.15, 0.2) is 0 Å². The van der Waals surface area contributed by atoms with Gasteiger partial charge in [0, 0.05) is 9.85 Å². The molecule has 0 bridgehead atoms. The molecule has 1 rings (SSSR count). The Balaban J connectivity index is 2.79. The Kier molecular flexibility index (Phi) is 2.01. The second-order valence-electron chi connectivity index (χ2n) is 4.44. The number of hydrogen-bond donors (Lipinski definition) is 0. The third-order valence-corrected chi connectivity index (χ3v) is 2.43. The molecule has 2 atom stereocenters. The summed E-state index contributed by atoms with van der Waals surface area (Å²) in [6.07, 6.45) is 0. The van der Waals surface area contributed by atoms with Crippen LogP contribution in [0, 0.1) is 31.6 Å². The zero-order valence-electron chi connectivity index (χ0n) is 7.76. The summed E-state index contributed by atoms with van der Waals surface area (Å²) in [6.45, 7) is 5.37. The SMILES string of the molecule is CC(C)(C)C1C([N+](=O)[O-])C1[N+](=O)[O-]. The van der Waals surface area contributed by atoms with Crippen LogP contribution in [0.5, 0.6) is 0 Å². The molecule has 0 amide bonds. The van der Waals surface area contributed by atoms with E-state index in [2.05, 4.69) is 0 Å². The van der Waals surface area contributed by atoms with Gasteiger partial charge in [0.2, 0.25) is 0 Å². The van der Waals surface area contributed by atoms with Crippen LogP contribution < -0.4 is 0 Å². The summed E-state index contributed by atoms with van der Waals surface area (Å²) in [4.78, 5) is 19.8. The van der Waals surface area contributed by atoms with Crippen LogP contribution in [0.2, 0.25) is 0 Å². The number of rotatable bonds is 2. The molecule has 0 aromatic carbocycles. The van der Waals surface area contributed by atoms with Crippen molar-refractivity contribution < 1.29 is 9.85 Å². The predicted molar refractivity (Wildman–Crippen MR) is 44.5 cm³/mol. The zero-order chi connectivity index (χ0) is 10.4.